The summed E-state index contributed by atoms with van der Waals surface area (Å²) in [5.41, 5.74) is 8.74. The first kappa shape index (κ1) is 16.0. The van der Waals surface area contributed by atoms with E-state index in [-0.39, 0.29) is 6.04 Å². The molecule has 0 spiro atoms. The maximum Gasteiger partial charge on any atom is 0.0637 e. The summed E-state index contributed by atoms with van der Waals surface area (Å²) < 4.78 is 5.24. The highest BCUT2D eigenvalue weighted by Crippen LogP contribution is 2.28. The van der Waals surface area contributed by atoms with Crippen LogP contribution in [0.5, 0.6) is 0 Å². The minimum Gasteiger partial charge on any atom is -0.383 e. The van der Waals surface area contributed by atoms with Gasteiger partial charge in [0, 0.05) is 31.4 Å². The van der Waals surface area contributed by atoms with Crippen LogP contribution in [0.2, 0.25) is 0 Å². The highest BCUT2D eigenvalue weighted by molar-refractivity contribution is 5.55. The summed E-state index contributed by atoms with van der Waals surface area (Å²) in [6, 6.07) is 9.06. The Morgan fingerprint density at radius 3 is 2.47 bits per heavy atom. The third kappa shape index (κ3) is 4.22. The van der Waals surface area contributed by atoms with Crippen molar-refractivity contribution in [3.8, 4) is 0 Å². The van der Waals surface area contributed by atoms with Crippen LogP contribution in [0.1, 0.15) is 45.2 Å². The lowest BCUT2D eigenvalue weighted by Crippen LogP contribution is -2.36. The van der Waals surface area contributed by atoms with E-state index in [1.165, 1.54) is 11.3 Å². The van der Waals surface area contributed by atoms with Crippen molar-refractivity contribution < 1.29 is 4.74 Å². The molecule has 0 saturated heterocycles. The Morgan fingerprint density at radius 2 is 1.89 bits per heavy atom. The van der Waals surface area contributed by atoms with Crippen molar-refractivity contribution in [1.82, 2.24) is 0 Å². The van der Waals surface area contributed by atoms with E-state index in [0.717, 1.165) is 26.0 Å². The Hall–Kier alpha value is -1.06. The molecule has 2 N–H and O–H groups in total. The number of nitrogens with zero attached hydrogens (tertiary/aromatic N) is 1. The van der Waals surface area contributed by atoms with E-state index < -0.39 is 0 Å². The van der Waals surface area contributed by atoms with Gasteiger partial charge in [0.1, 0.15) is 0 Å². The molecule has 2 atom stereocenters. The second-order valence-corrected chi connectivity index (χ2v) is 5.02. The van der Waals surface area contributed by atoms with E-state index in [2.05, 4.69) is 49.9 Å². The third-order valence-corrected chi connectivity index (χ3v) is 3.74. The Bertz CT molecular complexity index is 368. The zero-order valence-electron chi connectivity index (χ0n) is 12.7. The number of anilines is 1. The molecule has 19 heavy (non-hydrogen) atoms. The maximum absolute atomic E-state index is 6.25. The Kier molecular flexibility index (Phi) is 6.89. The van der Waals surface area contributed by atoms with Crippen molar-refractivity contribution in [2.75, 3.05) is 25.2 Å². The molecular formula is C16H28N2O. The number of hydrogen-bond donors (Lipinski definition) is 1. The molecule has 3 heteroatoms. The smallest absolute Gasteiger partial charge is 0.0637 e. The average molecular weight is 264 g/mol. The average Bonchev–Trinajstić information content (AvgIpc) is 2.46. The standard InChI is InChI=1S/C16H28N2O/c1-5-13(3)18(11-12-19-4)16-10-8-7-9-14(16)15(17)6-2/h7-10,13,15H,5-6,11-12,17H2,1-4H3. The largest absolute Gasteiger partial charge is 0.383 e. The molecule has 1 aromatic carbocycles. The molecule has 2 unspecified atom stereocenters. The number of ether oxygens (including phenoxy) is 1. The minimum absolute atomic E-state index is 0.102. The van der Waals surface area contributed by atoms with Gasteiger partial charge in [-0.25, -0.2) is 0 Å². The van der Waals surface area contributed by atoms with Crippen molar-refractivity contribution in [2.24, 2.45) is 5.73 Å². The molecule has 0 aromatic heterocycles. The van der Waals surface area contributed by atoms with Gasteiger partial charge in [-0.2, -0.15) is 0 Å². The van der Waals surface area contributed by atoms with Gasteiger partial charge in [0.05, 0.1) is 6.61 Å². The van der Waals surface area contributed by atoms with Crippen LogP contribution in [0.4, 0.5) is 5.69 Å². The van der Waals surface area contributed by atoms with Crippen LogP contribution in [-0.4, -0.2) is 26.3 Å². The van der Waals surface area contributed by atoms with E-state index in [1.54, 1.807) is 7.11 Å². The third-order valence-electron chi connectivity index (χ3n) is 3.74. The summed E-state index contributed by atoms with van der Waals surface area (Å²) >= 11 is 0. The van der Waals surface area contributed by atoms with Crippen LogP contribution < -0.4 is 10.6 Å². The number of rotatable bonds is 8. The van der Waals surface area contributed by atoms with Crippen molar-refractivity contribution >= 4 is 5.69 Å². The zero-order valence-corrected chi connectivity index (χ0v) is 12.7. The number of benzene rings is 1. The molecule has 0 radical (unpaired) electrons. The summed E-state index contributed by atoms with van der Waals surface area (Å²) in [6.45, 7) is 8.24. The van der Waals surface area contributed by atoms with Crippen LogP contribution in [0.15, 0.2) is 24.3 Å². The fourth-order valence-corrected chi connectivity index (χ4v) is 2.27. The van der Waals surface area contributed by atoms with Crippen LogP contribution in [0.3, 0.4) is 0 Å². The normalized spacial score (nSPS) is 14.2. The Labute approximate surface area is 117 Å². The lowest BCUT2D eigenvalue weighted by atomic mass is 10.0. The van der Waals surface area contributed by atoms with E-state index in [4.69, 9.17) is 10.5 Å². The van der Waals surface area contributed by atoms with E-state index in [9.17, 15) is 0 Å². The van der Waals surface area contributed by atoms with Crippen LogP contribution in [0, 0.1) is 0 Å². The first-order valence-corrected chi connectivity index (χ1v) is 7.25. The summed E-state index contributed by atoms with van der Waals surface area (Å²) in [5.74, 6) is 0. The molecule has 0 heterocycles. The molecular weight excluding hydrogens is 236 g/mol. The molecule has 0 saturated carbocycles. The first-order valence-electron chi connectivity index (χ1n) is 7.25. The summed E-state index contributed by atoms with van der Waals surface area (Å²) in [6.07, 6.45) is 2.06. The monoisotopic (exact) mass is 264 g/mol. The quantitative estimate of drug-likeness (QED) is 0.782. The molecule has 0 fully saturated rings. The number of methoxy groups -OCH3 is 1. The van der Waals surface area contributed by atoms with E-state index in [0.29, 0.717) is 6.04 Å². The Morgan fingerprint density at radius 1 is 1.21 bits per heavy atom. The summed E-state index contributed by atoms with van der Waals surface area (Å²) in [7, 11) is 1.75. The number of hydrogen-bond acceptors (Lipinski definition) is 3. The first-order chi connectivity index (χ1) is 9.15. The molecule has 0 aliphatic heterocycles. The van der Waals surface area contributed by atoms with Crippen molar-refractivity contribution in [2.45, 2.75) is 45.7 Å². The highest BCUT2D eigenvalue weighted by atomic mass is 16.5. The topological polar surface area (TPSA) is 38.5 Å². The number of para-hydroxylation sites is 1. The zero-order chi connectivity index (χ0) is 14.3. The summed E-state index contributed by atoms with van der Waals surface area (Å²) in [4.78, 5) is 2.41. The number of nitrogens with two attached hydrogens (primary N) is 1. The highest BCUT2D eigenvalue weighted by Gasteiger charge is 2.18. The van der Waals surface area contributed by atoms with Gasteiger partial charge in [-0.05, 0) is 31.4 Å². The van der Waals surface area contributed by atoms with Gasteiger partial charge < -0.3 is 15.4 Å². The predicted octanol–water partition coefficient (Wildman–Crippen LogP) is 3.35. The van der Waals surface area contributed by atoms with Crippen molar-refractivity contribution in [3.05, 3.63) is 29.8 Å². The summed E-state index contributed by atoms with van der Waals surface area (Å²) in [5, 5.41) is 0. The second-order valence-electron chi connectivity index (χ2n) is 5.02. The lowest BCUT2D eigenvalue weighted by Gasteiger charge is -2.33. The molecule has 0 amide bonds. The minimum atomic E-state index is 0.102. The molecule has 3 nitrogen and oxygen atoms in total. The Balaban J connectivity index is 3.06. The van der Waals surface area contributed by atoms with Gasteiger partial charge in [0.25, 0.3) is 0 Å². The van der Waals surface area contributed by atoms with Gasteiger partial charge in [-0.3, -0.25) is 0 Å². The van der Waals surface area contributed by atoms with Gasteiger partial charge in [0.2, 0.25) is 0 Å². The van der Waals surface area contributed by atoms with Crippen LogP contribution in [0.25, 0.3) is 0 Å². The van der Waals surface area contributed by atoms with Crippen LogP contribution >= 0.6 is 0 Å². The molecule has 108 valence electrons. The molecule has 0 bridgehead atoms. The fourth-order valence-electron chi connectivity index (χ4n) is 2.27. The second kappa shape index (κ2) is 8.18. The predicted molar refractivity (Wildman–Crippen MR) is 82.6 cm³/mol. The van der Waals surface area contributed by atoms with Crippen molar-refractivity contribution in [3.63, 3.8) is 0 Å². The van der Waals surface area contributed by atoms with Gasteiger partial charge in [0.15, 0.2) is 0 Å². The van der Waals surface area contributed by atoms with Crippen LogP contribution in [-0.2, 0) is 4.74 Å². The lowest BCUT2D eigenvalue weighted by molar-refractivity contribution is 0.203. The maximum atomic E-state index is 6.25. The SMILES string of the molecule is CCC(N)c1ccccc1N(CCOC)C(C)CC. The van der Waals surface area contributed by atoms with E-state index >= 15 is 0 Å². The van der Waals surface area contributed by atoms with Crippen molar-refractivity contribution in [1.29, 1.82) is 0 Å². The molecule has 0 aliphatic carbocycles. The van der Waals surface area contributed by atoms with Gasteiger partial charge >= 0.3 is 0 Å². The van der Waals surface area contributed by atoms with Gasteiger partial charge in [-0.15, -0.1) is 0 Å². The fraction of sp³-hybridized carbons (Fsp3) is 0.625. The van der Waals surface area contributed by atoms with Gasteiger partial charge in [-0.1, -0.05) is 32.0 Å². The van der Waals surface area contributed by atoms with E-state index in [1.807, 2.05) is 0 Å². The molecule has 1 rings (SSSR count). The molecule has 0 aliphatic rings. The molecule has 1 aromatic rings.